The lowest BCUT2D eigenvalue weighted by Crippen LogP contribution is -1.87. The maximum atomic E-state index is 13.0. The second-order valence-corrected chi connectivity index (χ2v) is 4.22. The molecule has 0 heterocycles. The molecule has 0 amide bonds. The average molecular weight is 238 g/mol. The Morgan fingerprint density at radius 3 is 2.56 bits per heavy atom. The van der Waals surface area contributed by atoms with Gasteiger partial charge in [0.25, 0.3) is 0 Å². The normalized spacial score (nSPS) is 13.9. The summed E-state index contributed by atoms with van der Waals surface area (Å²) in [4.78, 5) is 0. The molecule has 0 aromatic heterocycles. The number of hydrogen-bond donors (Lipinski definition) is 0. The van der Waals surface area contributed by atoms with Gasteiger partial charge in [-0.2, -0.15) is 10.5 Å². The summed E-state index contributed by atoms with van der Waals surface area (Å²) < 4.78 is 13.0. The van der Waals surface area contributed by atoms with E-state index in [1.807, 2.05) is 12.1 Å². The van der Waals surface area contributed by atoms with Crippen LogP contribution in [0.5, 0.6) is 0 Å². The zero-order valence-electron chi connectivity index (χ0n) is 9.73. The number of halogens is 1. The quantitative estimate of drug-likeness (QED) is 0.596. The van der Waals surface area contributed by atoms with Crippen LogP contribution in [0.2, 0.25) is 0 Å². The number of nitrogens with zero attached hydrogens (tertiary/aromatic N) is 2. The standard InChI is InChI=1S/C15H11FN2/c16-14-3-1-2-11(8-14)4-7-15(12-5-6-12)13(9-17)10-18/h1-4,7-8,12H,5-6H2/b7-4-. The van der Waals surface area contributed by atoms with Crippen LogP contribution in [-0.4, -0.2) is 0 Å². The van der Waals surface area contributed by atoms with Crippen LogP contribution >= 0.6 is 0 Å². The first-order valence-corrected chi connectivity index (χ1v) is 5.72. The maximum Gasteiger partial charge on any atom is 0.133 e. The molecule has 0 spiro atoms. The van der Waals surface area contributed by atoms with Gasteiger partial charge in [0.2, 0.25) is 0 Å². The molecule has 3 heteroatoms. The molecule has 0 bridgehead atoms. The minimum atomic E-state index is -0.296. The molecule has 2 rings (SSSR count). The molecule has 0 atom stereocenters. The molecule has 1 aromatic carbocycles. The van der Waals surface area contributed by atoms with E-state index in [2.05, 4.69) is 0 Å². The molecule has 0 aliphatic heterocycles. The molecule has 1 aliphatic rings. The van der Waals surface area contributed by atoms with Crippen LogP contribution in [0.3, 0.4) is 0 Å². The predicted octanol–water partition coefficient (Wildman–Crippen LogP) is 3.59. The van der Waals surface area contributed by atoms with E-state index >= 15 is 0 Å². The zero-order valence-corrected chi connectivity index (χ0v) is 9.73. The molecule has 1 aliphatic carbocycles. The van der Waals surface area contributed by atoms with Crippen molar-refractivity contribution < 1.29 is 4.39 Å². The highest BCUT2D eigenvalue weighted by atomic mass is 19.1. The highest BCUT2D eigenvalue weighted by Crippen LogP contribution is 2.38. The van der Waals surface area contributed by atoms with Crippen molar-refractivity contribution in [3.63, 3.8) is 0 Å². The van der Waals surface area contributed by atoms with Crippen molar-refractivity contribution in [1.82, 2.24) is 0 Å². The van der Waals surface area contributed by atoms with Crippen molar-refractivity contribution in [2.75, 3.05) is 0 Å². The van der Waals surface area contributed by atoms with E-state index in [4.69, 9.17) is 10.5 Å². The number of hydrogen-bond acceptors (Lipinski definition) is 2. The highest BCUT2D eigenvalue weighted by molar-refractivity contribution is 5.57. The fraction of sp³-hybridized carbons (Fsp3) is 0.200. The summed E-state index contributed by atoms with van der Waals surface area (Å²) in [5, 5.41) is 17.8. The lowest BCUT2D eigenvalue weighted by atomic mass is 10.0. The molecule has 2 nitrogen and oxygen atoms in total. The zero-order chi connectivity index (χ0) is 13.0. The van der Waals surface area contributed by atoms with Crippen LogP contribution in [0.25, 0.3) is 6.08 Å². The lowest BCUT2D eigenvalue weighted by Gasteiger charge is -1.99. The Morgan fingerprint density at radius 1 is 1.28 bits per heavy atom. The molecule has 0 saturated heterocycles. The summed E-state index contributed by atoms with van der Waals surface area (Å²) >= 11 is 0. The largest absolute Gasteiger partial charge is 0.207 e. The molecule has 0 N–H and O–H groups in total. The summed E-state index contributed by atoms with van der Waals surface area (Å²) in [6, 6.07) is 10.0. The van der Waals surface area contributed by atoms with Gasteiger partial charge in [0.1, 0.15) is 23.5 Å². The van der Waals surface area contributed by atoms with Crippen LogP contribution in [0.4, 0.5) is 4.39 Å². The Kier molecular flexibility index (Phi) is 3.55. The van der Waals surface area contributed by atoms with Crippen molar-refractivity contribution in [2.24, 2.45) is 5.92 Å². The summed E-state index contributed by atoms with van der Waals surface area (Å²) in [5.74, 6) is 0.0130. The smallest absolute Gasteiger partial charge is 0.133 e. The van der Waals surface area contributed by atoms with Crippen molar-refractivity contribution in [3.05, 3.63) is 52.9 Å². The third kappa shape index (κ3) is 2.84. The maximum absolute atomic E-state index is 13.0. The van der Waals surface area contributed by atoms with E-state index in [1.165, 1.54) is 12.1 Å². The van der Waals surface area contributed by atoms with E-state index in [0.717, 1.165) is 24.0 Å². The molecule has 1 fully saturated rings. The number of nitriles is 2. The molecule has 1 aromatic rings. The topological polar surface area (TPSA) is 47.6 Å². The van der Waals surface area contributed by atoms with Gasteiger partial charge in [0.15, 0.2) is 0 Å². The summed E-state index contributed by atoms with van der Waals surface area (Å²) in [5.41, 5.74) is 1.65. The van der Waals surface area contributed by atoms with Crippen LogP contribution in [0.15, 0.2) is 41.5 Å². The Hall–Kier alpha value is -2.39. The molecule has 1 saturated carbocycles. The van der Waals surface area contributed by atoms with Crippen molar-refractivity contribution in [2.45, 2.75) is 12.8 Å². The first-order valence-electron chi connectivity index (χ1n) is 5.72. The van der Waals surface area contributed by atoms with Crippen LogP contribution < -0.4 is 0 Å². The number of allylic oxidation sites excluding steroid dienone is 3. The van der Waals surface area contributed by atoms with Gasteiger partial charge >= 0.3 is 0 Å². The third-order valence-corrected chi connectivity index (χ3v) is 2.83. The molecule has 88 valence electrons. The van der Waals surface area contributed by atoms with Crippen molar-refractivity contribution >= 4 is 6.08 Å². The third-order valence-electron chi connectivity index (χ3n) is 2.83. The van der Waals surface area contributed by atoms with E-state index in [0.29, 0.717) is 5.92 Å². The molecular weight excluding hydrogens is 227 g/mol. The second kappa shape index (κ2) is 5.29. The lowest BCUT2D eigenvalue weighted by molar-refractivity contribution is 0.627. The van der Waals surface area contributed by atoms with Gasteiger partial charge in [-0.1, -0.05) is 24.3 Å². The first-order chi connectivity index (χ1) is 8.74. The van der Waals surface area contributed by atoms with Crippen LogP contribution in [-0.2, 0) is 0 Å². The SMILES string of the molecule is N#CC(C#N)=C(/C=C\c1cccc(F)c1)C1CC1. The second-order valence-electron chi connectivity index (χ2n) is 4.22. The van der Waals surface area contributed by atoms with E-state index < -0.39 is 0 Å². The summed E-state index contributed by atoms with van der Waals surface area (Å²) in [6.07, 6.45) is 5.52. The van der Waals surface area contributed by atoms with E-state index in [9.17, 15) is 4.39 Å². The summed E-state index contributed by atoms with van der Waals surface area (Å²) in [7, 11) is 0. The van der Waals surface area contributed by atoms with E-state index in [-0.39, 0.29) is 11.4 Å². The van der Waals surface area contributed by atoms with Gasteiger partial charge in [-0.15, -0.1) is 0 Å². The van der Waals surface area contributed by atoms with Crippen LogP contribution in [0, 0.1) is 34.4 Å². The fourth-order valence-electron chi connectivity index (χ4n) is 1.77. The molecular formula is C15H11FN2. The summed E-state index contributed by atoms with van der Waals surface area (Å²) in [6.45, 7) is 0. The molecule has 18 heavy (non-hydrogen) atoms. The Labute approximate surface area is 105 Å². The Bertz CT molecular complexity index is 580. The number of rotatable bonds is 3. The predicted molar refractivity (Wildman–Crippen MR) is 66.4 cm³/mol. The van der Waals surface area contributed by atoms with Gasteiger partial charge in [0.05, 0.1) is 0 Å². The first kappa shape index (κ1) is 12.1. The van der Waals surface area contributed by atoms with Crippen LogP contribution in [0.1, 0.15) is 18.4 Å². The van der Waals surface area contributed by atoms with Crippen molar-refractivity contribution in [3.8, 4) is 12.1 Å². The highest BCUT2D eigenvalue weighted by Gasteiger charge is 2.27. The Balaban J connectivity index is 2.29. The van der Waals surface area contributed by atoms with E-state index in [1.54, 1.807) is 24.3 Å². The van der Waals surface area contributed by atoms with Crippen molar-refractivity contribution in [1.29, 1.82) is 10.5 Å². The molecule has 0 unspecified atom stereocenters. The van der Waals surface area contributed by atoms with Gasteiger partial charge in [-0.25, -0.2) is 4.39 Å². The van der Waals surface area contributed by atoms with Gasteiger partial charge in [0, 0.05) is 0 Å². The minimum absolute atomic E-state index is 0.158. The van der Waals surface area contributed by atoms with Gasteiger partial charge < -0.3 is 0 Å². The number of benzene rings is 1. The monoisotopic (exact) mass is 238 g/mol. The van der Waals surface area contributed by atoms with Gasteiger partial charge in [-0.3, -0.25) is 0 Å². The fourth-order valence-corrected chi connectivity index (χ4v) is 1.77. The average Bonchev–Trinajstić information content (AvgIpc) is 3.19. The van der Waals surface area contributed by atoms with Gasteiger partial charge in [-0.05, 0) is 42.0 Å². The minimum Gasteiger partial charge on any atom is -0.207 e. The Morgan fingerprint density at radius 2 is 2.00 bits per heavy atom. The molecule has 0 radical (unpaired) electrons.